The van der Waals surface area contributed by atoms with Crippen molar-refractivity contribution >= 4 is 42.3 Å². The van der Waals surface area contributed by atoms with E-state index in [4.69, 9.17) is 17.3 Å². The van der Waals surface area contributed by atoms with E-state index in [0.29, 0.717) is 4.68 Å². The number of aromatic nitrogens is 3. The van der Waals surface area contributed by atoms with Crippen LogP contribution in [-0.2, 0) is 6.18 Å². The molecule has 1 aliphatic carbocycles. The van der Waals surface area contributed by atoms with E-state index in [1.165, 1.54) is 18.3 Å². The van der Waals surface area contributed by atoms with E-state index in [1.54, 1.807) is 0 Å². The molecule has 1 saturated carbocycles. The first kappa shape index (κ1) is 23.5. The molecule has 12 heteroatoms. The van der Waals surface area contributed by atoms with Crippen molar-refractivity contribution in [1.82, 2.24) is 20.1 Å². The average Bonchev–Trinajstić information content (AvgIpc) is 3.29. The lowest BCUT2D eigenvalue weighted by Crippen LogP contribution is -2.42. The average molecular weight is 447 g/mol. The first-order valence-electron chi connectivity index (χ1n) is 7.60. The number of hydrogen-bond acceptors (Lipinski definition) is 4. The van der Waals surface area contributed by atoms with E-state index in [2.05, 4.69) is 15.4 Å². The Morgan fingerprint density at radius 3 is 2.59 bits per heavy atom. The maximum absolute atomic E-state index is 13.6. The lowest BCUT2D eigenvalue weighted by molar-refractivity contribution is -0.143. The Bertz CT molecular complexity index is 795. The summed E-state index contributed by atoms with van der Waals surface area (Å²) in [6, 6.07) is 2.52. The van der Waals surface area contributed by atoms with Crippen molar-refractivity contribution in [2.75, 3.05) is 6.54 Å². The Balaban J connectivity index is 0.00000182. The third-order valence-electron chi connectivity index (χ3n) is 3.98. The molecule has 1 fully saturated rings. The molecule has 2 heterocycles. The van der Waals surface area contributed by atoms with Gasteiger partial charge in [-0.3, -0.25) is 4.79 Å². The van der Waals surface area contributed by atoms with Gasteiger partial charge in [-0.2, -0.15) is 18.3 Å². The maximum atomic E-state index is 13.6. The topological polar surface area (TPSA) is 85.8 Å². The highest BCUT2D eigenvalue weighted by molar-refractivity contribution is 6.32. The summed E-state index contributed by atoms with van der Waals surface area (Å²) in [5.74, 6) is -0.857. The number of amides is 1. The normalized spacial score (nSPS) is 14.7. The number of carbonyl (C=O) groups excluding carboxylic acids is 1. The van der Waals surface area contributed by atoms with Gasteiger partial charge >= 0.3 is 6.18 Å². The second-order valence-corrected chi connectivity index (χ2v) is 6.19. The highest BCUT2D eigenvalue weighted by Gasteiger charge is 2.42. The molecule has 3 rings (SSSR count). The van der Waals surface area contributed by atoms with E-state index in [9.17, 15) is 18.0 Å². The SMILES string of the molecule is Cl.Cl.NCC(NC(=O)c1cnn(-c2ncccc2Cl)c1C(F)(F)F)C1CC1. The number of alkyl halides is 3. The highest BCUT2D eigenvalue weighted by Crippen LogP contribution is 2.35. The van der Waals surface area contributed by atoms with Gasteiger partial charge in [-0.25, -0.2) is 9.67 Å². The van der Waals surface area contributed by atoms with Crippen LogP contribution in [0.5, 0.6) is 0 Å². The second kappa shape index (κ2) is 9.09. The molecule has 2 aromatic rings. The molecule has 0 aliphatic heterocycles. The van der Waals surface area contributed by atoms with Gasteiger partial charge < -0.3 is 11.1 Å². The van der Waals surface area contributed by atoms with Crippen molar-refractivity contribution in [3.05, 3.63) is 40.8 Å². The third-order valence-corrected chi connectivity index (χ3v) is 4.28. The van der Waals surface area contributed by atoms with Crippen LogP contribution in [-0.4, -0.2) is 33.3 Å². The van der Waals surface area contributed by atoms with Crippen LogP contribution < -0.4 is 11.1 Å². The van der Waals surface area contributed by atoms with Gasteiger partial charge in [-0.15, -0.1) is 24.8 Å². The molecule has 2 aromatic heterocycles. The summed E-state index contributed by atoms with van der Waals surface area (Å²) in [4.78, 5) is 16.2. The third kappa shape index (κ3) is 5.04. The van der Waals surface area contributed by atoms with Crippen LogP contribution in [0, 0.1) is 5.92 Å². The zero-order valence-corrected chi connectivity index (χ0v) is 16.1. The van der Waals surface area contributed by atoms with Gasteiger partial charge in [0.05, 0.1) is 16.8 Å². The number of nitrogens with one attached hydrogen (secondary N) is 1. The Kier molecular flexibility index (Phi) is 7.91. The fraction of sp³-hybridized carbons (Fsp3) is 0.400. The summed E-state index contributed by atoms with van der Waals surface area (Å²) in [5.41, 5.74) is 3.78. The van der Waals surface area contributed by atoms with Crippen LogP contribution in [0.1, 0.15) is 28.9 Å². The van der Waals surface area contributed by atoms with Crippen molar-refractivity contribution in [2.45, 2.75) is 25.1 Å². The molecule has 1 atom stereocenters. The lowest BCUT2D eigenvalue weighted by Gasteiger charge is -2.17. The van der Waals surface area contributed by atoms with Crippen LogP contribution in [0.15, 0.2) is 24.5 Å². The van der Waals surface area contributed by atoms with Gasteiger partial charge in [0.15, 0.2) is 11.5 Å². The molecule has 27 heavy (non-hydrogen) atoms. The second-order valence-electron chi connectivity index (χ2n) is 5.78. The smallest absolute Gasteiger partial charge is 0.348 e. The first-order chi connectivity index (χ1) is 11.8. The van der Waals surface area contributed by atoms with Crippen molar-refractivity contribution < 1.29 is 18.0 Å². The molecule has 0 spiro atoms. The van der Waals surface area contributed by atoms with Crippen LogP contribution >= 0.6 is 36.4 Å². The minimum Gasteiger partial charge on any atom is -0.348 e. The van der Waals surface area contributed by atoms with Gasteiger partial charge in [0, 0.05) is 18.8 Å². The molecule has 0 aromatic carbocycles. The number of nitrogens with zero attached hydrogens (tertiary/aromatic N) is 3. The van der Waals surface area contributed by atoms with Gasteiger partial charge in [0.1, 0.15) is 0 Å². The van der Waals surface area contributed by atoms with Gasteiger partial charge in [0.2, 0.25) is 0 Å². The molecular formula is C15H17Cl3F3N5O. The van der Waals surface area contributed by atoms with Gasteiger partial charge in [-0.05, 0) is 30.9 Å². The van der Waals surface area contributed by atoms with Crippen LogP contribution in [0.4, 0.5) is 13.2 Å². The minimum atomic E-state index is -4.82. The Morgan fingerprint density at radius 2 is 2.07 bits per heavy atom. The summed E-state index contributed by atoms with van der Waals surface area (Å²) >= 11 is 5.92. The largest absolute Gasteiger partial charge is 0.434 e. The Labute approximate surface area is 170 Å². The van der Waals surface area contributed by atoms with Crippen LogP contribution in [0.2, 0.25) is 5.02 Å². The fourth-order valence-electron chi connectivity index (χ4n) is 2.60. The lowest BCUT2D eigenvalue weighted by atomic mass is 10.1. The maximum Gasteiger partial charge on any atom is 0.434 e. The van der Waals surface area contributed by atoms with Crippen molar-refractivity contribution in [1.29, 1.82) is 0 Å². The molecule has 1 unspecified atom stereocenters. The molecule has 0 bridgehead atoms. The van der Waals surface area contributed by atoms with Crippen molar-refractivity contribution in [2.24, 2.45) is 11.7 Å². The highest BCUT2D eigenvalue weighted by atomic mass is 35.5. The molecular weight excluding hydrogens is 430 g/mol. The number of halogens is 6. The summed E-state index contributed by atoms with van der Waals surface area (Å²) in [7, 11) is 0. The van der Waals surface area contributed by atoms with E-state index in [-0.39, 0.29) is 54.2 Å². The quantitative estimate of drug-likeness (QED) is 0.738. The fourth-order valence-corrected chi connectivity index (χ4v) is 2.80. The number of pyridine rings is 1. The standard InChI is InChI=1S/C15H15ClF3N5O.2ClH/c16-10-2-1-5-21-13(10)24-12(15(17,18)19)9(7-22-24)14(25)23-11(6-20)8-3-4-8;;/h1-2,5,7-8,11H,3-4,6,20H2,(H,23,25);2*1H. The molecule has 0 radical (unpaired) electrons. The first-order valence-corrected chi connectivity index (χ1v) is 7.97. The van der Waals surface area contributed by atoms with E-state index >= 15 is 0 Å². The van der Waals surface area contributed by atoms with Gasteiger partial charge in [-0.1, -0.05) is 11.6 Å². The van der Waals surface area contributed by atoms with Crippen LogP contribution in [0.25, 0.3) is 5.82 Å². The van der Waals surface area contributed by atoms with Crippen LogP contribution in [0.3, 0.4) is 0 Å². The number of hydrogen-bond donors (Lipinski definition) is 2. The molecule has 1 amide bonds. The predicted octanol–water partition coefficient (Wildman–Crippen LogP) is 3.25. The zero-order valence-electron chi connectivity index (χ0n) is 13.7. The minimum absolute atomic E-state index is 0. The van der Waals surface area contributed by atoms with Crippen molar-refractivity contribution in [3.8, 4) is 5.82 Å². The molecule has 150 valence electrons. The van der Waals surface area contributed by atoms with Crippen molar-refractivity contribution in [3.63, 3.8) is 0 Å². The molecule has 0 saturated heterocycles. The summed E-state index contributed by atoms with van der Waals surface area (Å²) in [5, 5.41) is 6.24. The van der Waals surface area contributed by atoms with E-state index in [0.717, 1.165) is 19.0 Å². The number of carbonyl (C=O) groups is 1. The monoisotopic (exact) mass is 445 g/mol. The summed E-state index contributed by atoms with van der Waals surface area (Å²) in [6.45, 7) is 0.165. The predicted molar refractivity (Wildman–Crippen MR) is 98.9 cm³/mol. The summed E-state index contributed by atoms with van der Waals surface area (Å²) < 4.78 is 41.3. The Morgan fingerprint density at radius 1 is 1.41 bits per heavy atom. The molecule has 1 aliphatic rings. The van der Waals surface area contributed by atoms with E-state index in [1.807, 2.05) is 0 Å². The number of rotatable bonds is 5. The van der Waals surface area contributed by atoms with E-state index < -0.39 is 23.3 Å². The van der Waals surface area contributed by atoms with Gasteiger partial charge in [0.25, 0.3) is 5.91 Å². The zero-order chi connectivity index (χ0) is 18.2. The summed E-state index contributed by atoms with van der Waals surface area (Å²) in [6.07, 6.45) is -0.861. The molecule has 6 nitrogen and oxygen atoms in total. The Hall–Kier alpha value is -1.55. The molecule has 3 N–H and O–H groups in total. The number of nitrogens with two attached hydrogens (primary N) is 1.